The summed E-state index contributed by atoms with van der Waals surface area (Å²) in [6, 6.07) is 13.5. The molecule has 8 heteroatoms. The van der Waals surface area contributed by atoms with Gasteiger partial charge >= 0.3 is 0 Å². The molecule has 2 amide bonds. The molecule has 1 unspecified atom stereocenters. The molecule has 2 aromatic rings. The van der Waals surface area contributed by atoms with Crippen LogP contribution in [0.4, 0.5) is 0 Å². The minimum atomic E-state index is -3.84. The van der Waals surface area contributed by atoms with Crippen molar-refractivity contribution >= 4 is 21.8 Å². The third kappa shape index (κ3) is 6.40. The van der Waals surface area contributed by atoms with Crippen LogP contribution in [0.1, 0.15) is 37.0 Å². The molecular formula is C24H33N3O4S. The smallest absolute Gasteiger partial charge is 0.243 e. The van der Waals surface area contributed by atoms with Gasteiger partial charge in [-0.1, -0.05) is 54.4 Å². The van der Waals surface area contributed by atoms with Crippen LogP contribution in [0.5, 0.6) is 0 Å². The number of hydrogen-bond acceptors (Lipinski definition) is 4. The fraction of sp³-hybridized carbons (Fsp3) is 0.417. The van der Waals surface area contributed by atoms with Crippen LogP contribution in [0, 0.1) is 13.8 Å². The zero-order valence-electron chi connectivity index (χ0n) is 19.5. The van der Waals surface area contributed by atoms with Crippen molar-refractivity contribution in [3.63, 3.8) is 0 Å². The Hall–Kier alpha value is -2.71. The Morgan fingerprint density at radius 3 is 1.97 bits per heavy atom. The summed E-state index contributed by atoms with van der Waals surface area (Å²) in [4.78, 5) is 27.6. The third-order valence-electron chi connectivity index (χ3n) is 5.30. The molecular weight excluding hydrogens is 426 g/mol. The molecule has 7 nitrogen and oxygen atoms in total. The van der Waals surface area contributed by atoms with E-state index in [0.717, 1.165) is 21.0 Å². The molecule has 2 aromatic carbocycles. The summed E-state index contributed by atoms with van der Waals surface area (Å²) in [5.74, 6) is -0.679. The first-order valence-corrected chi connectivity index (χ1v) is 12.2. The van der Waals surface area contributed by atoms with Gasteiger partial charge in [0.2, 0.25) is 21.8 Å². The van der Waals surface area contributed by atoms with Crippen LogP contribution in [0.25, 0.3) is 0 Å². The standard InChI is InChI=1S/C24H33N3O4S/c1-6-22(24(29)25-7-2)27(16-20-12-8-18(3)9-13-20)23(28)17-26(5)32(30,31)21-14-10-19(4)11-15-21/h8-15,22H,6-7,16-17H2,1-5H3,(H,25,29). The van der Waals surface area contributed by atoms with Crippen molar-refractivity contribution in [2.45, 2.75) is 51.6 Å². The van der Waals surface area contributed by atoms with Crippen LogP contribution >= 0.6 is 0 Å². The number of carbonyl (C=O) groups excluding carboxylic acids is 2. The summed E-state index contributed by atoms with van der Waals surface area (Å²) in [6.07, 6.45) is 0.415. The van der Waals surface area contributed by atoms with Crippen LogP contribution in [0.15, 0.2) is 53.4 Å². The molecule has 1 atom stereocenters. The number of likely N-dealkylation sites (N-methyl/N-ethyl adjacent to an activating group) is 2. The molecule has 0 aliphatic rings. The Labute approximate surface area is 191 Å². The molecule has 174 valence electrons. The van der Waals surface area contributed by atoms with E-state index in [2.05, 4.69) is 5.32 Å². The molecule has 0 spiro atoms. The van der Waals surface area contributed by atoms with E-state index in [-0.39, 0.29) is 23.9 Å². The Morgan fingerprint density at radius 1 is 0.938 bits per heavy atom. The van der Waals surface area contributed by atoms with Crippen molar-refractivity contribution in [2.24, 2.45) is 0 Å². The predicted octanol–water partition coefficient (Wildman–Crippen LogP) is 2.87. The van der Waals surface area contributed by atoms with E-state index in [0.29, 0.717) is 13.0 Å². The van der Waals surface area contributed by atoms with E-state index in [1.54, 1.807) is 12.1 Å². The minimum Gasteiger partial charge on any atom is -0.355 e. The lowest BCUT2D eigenvalue weighted by atomic mass is 10.1. The fourth-order valence-electron chi connectivity index (χ4n) is 3.36. The third-order valence-corrected chi connectivity index (χ3v) is 7.12. The molecule has 0 aliphatic heterocycles. The number of nitrogens with one attached hydrogen (secondary N) is 1. The normalized spacial score (nSPS) is 12.4. The highest BCUT2D eigenvalue weighted by molar-refractivity contribution is 7.89. The van der Waals surface area contributed by atoms with Gasteiger partial charge in [0.15, 0.2) is 0 Å². The van der Waals surface area contributed by atoms with Crippen LogP contribution in [0.3, 0.4) is 0 Å². The molecule has 0 saturated heterocycles. The minimum absolute atomic E-state index is 0.124. The summed E-state index contributed by atoms with van der Waals surface area (Å²) in [7, 11) is -2.46. The maximum atomic E-state index is 13.3. The molecule has 0 aromatic heterocycles. The predicted molar refractivity (Wildman–Crippen MR) is 125 cm³/mol. The molecule has 32 heavy (non-hydrogen) atoms. The molecule has 2 rings (SSSR count). The van der Waals surface area contributed by atoms with Crippen LogP contribution < -0.4 is 5.32 Å². The Kier molecular flexibility index (Phi) is 8.98. The van der Waals surface area contributed by atoms with Crippen molar-refractivity contribution in [3.8, 4) is 0 Å². The first-order chi connectivity index (χ1) is 15.1. The van der Waals surface area contributed by atoms with E-state index in [9.17, 15) is 18.0 Å². The topological polar surface area (TPSA) is 86.8 Å². The highest BCUT2D eigenvalue weighted by atomic mass is 32.2. The average molecular weight is 460 g/mol. The summed E-state index contributed by atoms with van der Waals surface area (Å²) in [5, 5.41) is 2.78. The summed E-state index contributed by atoms with van der Waals surface area (Å²) < 4.78 is 26.9. The van der Waals surface area contributed by atoms with Crippen molar-refractivity contribution < 1.29 is 18.0 Å². The monoisotopic (exact) mass is 459 g/mol. The number of benzene rings is 2. The van der Waals surface area contributed by atoms with E-state index < -0.39 is 22.0 Å². The van der Waals surface area contributed by atoms with Crippen LogP contribution in [0.2, 0.25) is 0 Å². The van der Waals surface area contributed by atoms with Gasteiger partial charge in [-0.15, -0.1) is 0 Å². The van der Waals surface area contributed by atoms with Crippen LogP contribution in [-0.2, 0) is 26.2 Å². The van der Waals surface area contributed by atoms with E-state index in [1.807, 2.05) is 52.0 Å². The van der Waals surface area contributed by atoms with Gasteiger partial charge in [0, 0.05) is 20.1 Å². The number of nitrogens with zero attached hydrogens (tertiary/aromatic N) is 2. The fourth-order valence-corrected chi connectivity index (χ4v) is 4.48. The zero-order valence-corrected chi connectivity index (χ0v) is 20.3. The van der Waals surface area contributed by atoms with E-state index in [1.165, 1.54) is 24.1 Å². The molecule has 0 fully saturated rings. The van der Waals surface area contributed by atoms with Gasteiger partial charge in [0.25, 0.3) is 0 Å². The summed E-state index contributed by atoms with van der Waals surface area (Å²) in [6.45, 7) is 7.80. The number of sulfonamides is 1. The number of hydrogen-bond donors (Lipinski definition) is 1. The average Bonchev–Trinajstić information content (AvgIpc) is 2.75. The van der Waals surface area contributed by atoms with Gasteiger partial charge in [-0.3, -0.25) is 9.59 Å². The Balaban J connectivity index is 2.30. The summed E-state index contributed by atoms with van der Waals surface area (Å²) >= 11 is 0. The van der Waals surface area contributed by atoms with Gasteiger partial charge in [0.1, 0.15) is 6.04 Å². The lowest BCUT2D eigenvalue weighted by Crippen LogP contribution is -2.51. The van der Waals surface area contributed by atoms with Gasteiger partial charge in [0.05, 0.1) is 11.4 Å². The Morgan fingerprint density at radius 2 is 1.47 bits per heavy atom. The molecule has 0 bridgehead atoms. The van der Waals surface area contributed by atoms with E-state index in [4.69, 9.17) is 0 Å². The summed E-state index contributed by atoms with van der Waals surface area (Å²) in [5.41, 5.74) is 2.90. The second-order valence-corrected chi connectivity index (χ2v) is 9.94. The SMILES string of the molecule is CCNC(=O)C(CC)N(Cc1ccc(C)cc1)C(=O)CN(C)S(=O)(=O)c1ccc(C)cc1. The van der Waals surface area contributed by atoms with Crippen LogP contribution in [-0.4, -0.2) is 55.6 Å². The second-order valence-electron chi connectivity index (χ2n) is 7.90. The Bertz CT molecular complexity index is 1020. The largest absolute Gasteiger partial charge is 0.355 e. The van der Waals surface area contributed by atoms with Crippen molar-refractivity contribution in [2.75, 3.05) is 20.1 Å². The number of aryl methyl sites for hydroxylation is 2. The van der Waals surface area contributed by atoms with Crippen molar-refractivity contribution in [1.29, 1.82) is 0 Å². The maximum absolute atomic E-state index is 13.3. The lowest BCUT2D eigenvalue weighted by molar-refractivity contribution is -0.141. The quantitative estimate of drug-likeness (QED) is 0.592. The van der Waals surface area contributed by atoms with Crippen molar-refractivity contribution in [1.82, 2.24) is 14.5 Å². The van der Waals surface area contributed by atoms with Gasteiger partial charge in [-0.2, -0.15) is 4.31 Å². The maximum Gasteiger partial charge on any atom is 0.243 e. The second kappa shape index (κ2) is 11.2. The number of rotatable bonds is 10. The molecule has 0 radical (unpaired) electrons. The number of carbonyl (C=O) groups is 2. The highest BCUT2D eigenvalue weighted by Crippen LogP contribution is 2.17. The van der Waals surface area contributed by atoms with Gasteiger partial charge < -0.3 is 10.2 Å². The zero-order chi connectivity index (χ0) is 23.9. The first kappa shape index (κ1) is 25.5. The molecule has 1 N–H and O–H groups in total. The highest BCUT2D eigenvalue weighted by Gasteiger charge is 2.31. The van der Waals surface area contributed by atoms with E-state index >= 15 is 0 Å². The van der Waals surface area contributed by atoms with Crippen molar-refractivity contribution in [3.05, 3.63) is 65.2 Å². The molecule has 0 heterocycles. The number of amides is 2. The van der Waals surface area contributed by atoms with Gasteiger partial charge in [-0.05, 0) is 44.9 Å². The lowest BCUT2D eigenvalue weighted by Gasteiger charge is -2.32. The first-order valence-electron chi connectivity index (χ1n) is 10.8. The van der Waals surface area contributed by atoms with Gasteiger partial charge in [-0.25, -0.2) is 8.42 Å². The molecule has 0 saturated carbocycles. The molecule has 0 aliphatic carbocycles.